The van der Waals surface area contributed by atoms with Crippen molar-refractivity contribution in [3.63, 3.8) is 0 Å². The number of nitrogens with one attached hydrogen (secondary N) is 1. The smallest absolute Gasteiger partial charge is 0.344 e. The van der Waals surface area contributed by atoms with Crippen LogP contribution in [0.2, 0.25) is 0 Å². The average molecular weight is 411 g/mol. The van der Waals surface area contributed by atoms with Crippen LogP contribution in [-0.2, 0) is 19.1 Å². The summed E-state index contributed by atoms with van der Waals surface area (Å²) in [4.78, 5) is 36.3. The second-order valence-electron chi connectivity index (χ2n) is 6.12. The summed E-state index contributed by atoms with van der Waals surface area (Å²) in [6, 6.07) is 7.46. The topological polar surface area (TPSA) is 84.9 Å². The molecule has 1 saturated heterocycles. The van der Waals surface area contributed by atoms with Gasteiger partial charge in [-0.25, -0.2) is 4.79 Å². The molecule has 0 unspecified atom stereocenters. The summed E-state index contributed by atoms with van der Waals surface area (Å²) in [5.74, 6) is 0.166. The van der Waals surface area contributed by atoms with Crippen molar-refractivity contribution in [2.75, 3.05) is 32.1 Å². The first kappa shape index (κ1) is 21.2. The Hall–Kier alpha value is -2.13. The fourth-order valence-electron chi connectivity index (χ4n) is 2.23. The molecule has 2 rings (SSSR count). The summed E-state index contributed by atoms with van der Waals surface area (Å²) in [7, 11) is 0. The van der Waals surface area contributed by atoms with Gasteiger partial charge >= 0.3 is 5.97 Å². The molecule has 9 heteroatoms. The quantitative estimate of drug-likeness (QED) is 0.490. The van der Waals surface area contributed by atoms with Crippen molar-refractivity contribution in [2.24, 2.45) is 0 Å². The molecular formula is C18H22N2O5S2. The minimum Gasteiger partial charge on any atom is -0.482 e. The van der Waals surface area contributed by atoms with Crippen molar-refractivity contribution < 1.29 is 23.9 Å². The highest BCUT2D eigenvalue weighted by molar-refractivity contribution is 8.23. The van der Waals surface area contributed by atoms with Crippen LogP contribution in [-0.4, -0.2) is 59.1 Å². The molecule has 0 bridgehead atoms. The van der Waals surface area contributed by atoms with E-state index in [9.17, 15) is 14.4 Å². The van der Waals surface area contributed by atoms with E-state index in [4.69, 9.17) is 21.7 Å². The fourth-order valence-corrected chi connectivity index (χ4v) is 3.36. The Bertz CT molecular complexity index is 690. The van der Waals surface area contributed by atoms with Crippen LogP contribution >= 0.6 is 24.0 Å². The number of nitrogens with zero attached hydrogens (tertiary/aromatic N) is 1. The third kappa shape index (κ3) is 6.84. The lowest BCUT2D eigenvalue weighted by atomic mass is 10.0. The maximum Gasteiger partial charge on any atom is 0.344 e. The summed E-state index contributed by atoms with van der Waals surface area (Å²) in [5, 5.41) is 2.58. The number of ether oxygens (including phenoxy) is 2. The van der Waals surface area contributed by atoms with Gasteiger partial charge in [0.1, 0.15) is 10.1 Å². The Kier molecular flexibility index (Phi) is 8.05. The molecule has 27 heavy (non-hydrogen) atoms. The van der Waals surface area contributed by atoms with E-state index in [0.29, 0.717) is 28.3 Å². The molecule has 0 radical (unpaired) electrons. The first-order chi connectivity index (χ1) is 12.9. The van der Waals surface area contributed by atoms with Gasteiger partial charge in [-0.2, -0.15) is 0 Å². The zero-order valence-corrected chi connectivity index (χ0v) is 16.9. The van der Waals surface area contributed by atoms with E-state index >= 15 is 0 Å². The molecule has 1 aliphatic heterocycles. The summed E-state index contributed by atoms with van der Waals surface area (Å²) in [5.41, 5.74) is 1.18. The minimum atomic E-state index is -0.634. The second kappa shape index (κ2) is 10.3. The summed E-state index contributed by atoms with van der Waals surface area (Å²) in [6.45, 7) is 4.05. The number of carbonyl (C=O) groups excluding carboxylic acids is 3. The molecule has 1 N–H and O–H groups in total. The van der Waals surface area contributed by atoms with Crippen LogP contribution in [0.1, 0.15) is 25.3 Å². The first-order valence-electron chi connectivity index (χ1n) is 8.49. The van der Waals surface area contributed by atoms with Crippen LogP contribution < -0.4 is 10.1 Å². The lowest BCUT2D eigenvalue weighted by molar-refractivity contribution is -0.150. The molecule has 1 aliphatic rings. The number of thioether (sulfide) groups is 1. The maximum atomic E-state index is 11.7. The lowest BCUT2D eigenvalue weighted by Gasteiger charge is -2.15. The van der Waals surface area contributed by atoms with Gasteiger partial charge in [-0.3, -0.25) is 14.5 Å². The van der Waals surface area contributed by atoms with Crippen LogP contribution in [0, 0.1) is 0 Å². The number of rotatable bonds is 9. The van der Waals surface area contributed by atoms with Crippen LogP contribution in [0.15, 0.2) is 24.3 Å². The Morgan fingerprint density at radius 1 is 1.26 bits per heavy atom. The highest BCUT2D eigenvalue weighted by Gasteiger charge is 2.25. The van der Waals surface area contributed by atoms with E-state index in [-0.39, 0.29) is 19.1 Å². The highest BCUT2D eigenvalue weighted by Crippen LogP contribution is 2.19. The lowest BCUT2D eigenvalue weighted by Crippen LogP contribution is -2.38. The van der Waals surface area contributed by atoms with Gasteiger partial charge in [0.2, 0.25) is 5.91 Å². The van der Waals surface area contributed by atoms with Crippen LogP contribution in [0.3, 0.4) is 0 Å². The van der Waals surface area contributed by atoms with E-state index in [1.165, 1.54) is 22.2 Å². The first-order valence-corrected chi connectivity index (χ1v) is 9.88. The minimum absolute atomic E-state index is 0.0655. The molecule has 1 fully saturated rings. The monoisotopic (exact) mass is 410 g/mol. The summed E-state index contributed by atoms with van der Waals surface area (Å²) < 4.78 is 10.7. The summed E-state index contributed by atoms with van der Waals surface area (Å²) in [6.07, 6.45) is 0. The third-order valence-electron chi connectivity index (χ3n) is 3.77. The number of hydrogen-bond acceptors (Lipinski definition) is 7. The average Bonchev–Trinajstić information content (AvgIpc) is 2.97. The van der Waals surface area contributed by atoms with Gasteiger partial charge in [0, 0.05) is 13.1 Å². The van der Waals surface area contributed by atoms with Crippen molar-refractivity contribution in [1.29, 1.82) is 0 Å². The number of amides is 2. The fraction of sp³-hybridized carbons (Fsp3) is 0.444. The standard InChI is InChI=1S/C18H22N2O5S2/c1-12(2)13-3-5-14(6-4-13)24-10-17(23)25-9-15(21)19-7-8-20-16(22)11-27-18(20)26/h3-6,12H,7-11H2,1-2H3,(H,19,21). The van der Waals surface area contributed by atoms with E-state index in [2.05, 4.69) is 19.2 Å². The molecule has 0 atom stereocenters. The van der Waals surface area contributed by atoms with Crippen molar-refractivity contribution in [1.82, 2.24) is 10.2 Å². The molecule has 1 heterocycles. The zero-order valence-electron chi connectivity index (χ0n) is 15.2. The molecule has 2 amide bonds. The molecular weight excluding hydrogens is 388 g/mol. The van der Waals surface area contributed by atoms with Crippen LogP contribution in [0.4, 0.5) is 0 Å². The van der Waals surface area contributed by atoms with Crippen molar-refractivity contribution in [3.05, 3.63) is 29.8 Å². The van der Waals surface area contributed by atoms with Gasteiger partial charge in [0.05, 0.1) is 5.75 Å². The van der Waals surface area contributed by atoms with E-state index in [0.717, 1.165) is 0 Å². The molecule has 0 saturated carbocycles. The van der Waals surface area contributed by atoms with Crippen LogP contribution in [0.25, 0.3) is 0 Å². The Balaban J connectivity index is 1.61. The van der Waals surface area contributed by atoms with E-state index in [1.54, 1.807) is 12.1 Å². The Morgan fingerprint density at radius 2 is 1.96 bits per heavy atom. The van der Waals surface area contributed by atoms with Gasteiger partial charge in [-0.05, 0) is 23.6 Å². The SMILES string of the molecule is CC(C)c1ccc(OCC(=O)OCC(=O)NCCN2C(=O)CSC2=S)cc1. The van der Waals surface area contributed by atoms with E-state index in [1.807, 2.05) is 12.1 Å². The Morgan fingerprint density at radius 3 is 2.56 bits per heavy atom. The van der Waals surface area contributed by atoms with E-state index < -0.39 is 18.5 Å². The number of hydrogen-bond donors (Lipinski definition) is 1. The molecule has 1 aromatic carbocycles. The molecule has 0 aromatic heterocycles. The van der Waals surface area contributed by atoms with Crippen molar-refractivity contribution in [2.45, 2.75) is 19.8 Å². The van der Waals surface area contributed by atoms with Gasteiger partial charge in [-0.15, -0.1) is 0 Å². The number of thiocarbonyl (C=S) groups is 1. The van der Waals surface area contributed by atoms with Gasteiger partial charge in [0.25, 0.3) is 5.91 Å². The predicted molar refractivity (Wildman–Crippen MR) is 107 cm³/mol. The van der Waals surface area contributed by atoms with Crippen LogP contribution in [0.5, 0.6) is 5.75 Å². The Labute approximate surface area is 167 Å². The largest absolute Gasteiger partial charge is 0.482 e. The zero-order chi connectivity index (χ0) is 19.8. The molecule has 146 valence electrons. The third-order valence-corrected chi connectivity index (χ3v) is 5.20. The number of carbonyl (C=O) groups is 3. The number of benzene rings is 1. The van der Waals surface area contributed by atoms with Gasteiger partial charge in [-0.1, -0.05) is 50.0 Å². The predicted octanol–water partition coefficient (Wildman–Crippen LogP) is 1.71. The van der Waals surface area contributed by atoms with Crippen molar-refractivity contribution >= 4 is 46.1 Å². The van der Waals surface area contributed by atoms with Gasteiger partial charge in [0.15, 0.2) is 13.2 Å². The number of esters is 1. The van der Waals surface area contributed by atoms with Gasteiger partial charge < -0.3 is 14.8 Å². The molecule has 0 aliphatic carbocycles. The van der Waals surface area contributed by atoms with Crippen molar-refractivity contribution in [3.8, 4) is 5.75 Å². The highest BCUT2D eigenvalue weighted by atomic mass is 32.2. The summed E-state index contributed by atoms with van der Waals surface area (Å²) >= 11 is 6.35. The second-order valence-corrected chi connectivity index (χ2v) is 7.73. The normalized spacial score (nSPS) is 13.8. The molecule has 7 nitrogen and oxygen atoms in total. The molecule has 0 spiro atoms. The maximum absolute atomic E-state index is 11.7. The molecule has 1 aromatic rings.